The van der Waals surface area contributed by atoms with E-state index in [0.29, 0.717) is 6.54 Å². The molecule has 0 aliphatic heterocycles. The molecule has 4 heteroatoms. The molecule has 1 unspecified atom stereocenters. The van der Waals surface area contributed by atoms with Crippen LogP contribution in [-0.4, -0.2) is 13.7 Å². The summed E-state index contributed by atoms with van der Waals surface area (Å²) in [7, 11) is 1.70. The number of ether oxygens (including phenoxy) is 1. The number of hydrogen-bond acceptors (Lipinski definition) is 2. The van der Waals surface area contributed by atoms with Crippen LogP contribution in [-0.2, 0) is 6.42 Å². The van der Waals surface area contributed by atoms with Gasteiger partial charge in [-0.05, 0) is 54.4 Å². The fourth-order valence-corrected chi connectivity index (χ4v) is 2.92. The molecule has 20 heavy (non-hydrogen) atoms. The largest absolute Gasteiger partial charge is 0.496 e. The van der Waals surface area contributed by atoms with Crippen molar-refractivity contribution in [3.05, 3.63) is 62.5 Å². The van der Waals surface area contributed by atoms with E-state index in [0.717, 1.165) is 21.1 Å². The quantitative estimate of drug-likeness (QED) is 0.804. The molecule has 0 saturated carbocycles. The first-order valence-electron chi connectivity index (χ1n) is 6.42. The third kappa shape index (κ3) is 3.84. The number of rotatable bonds is 5. The normalized spacial score (nSPS) is 12.2. The Morgan fingerprint density at radius 1 is 1.05 bits per heavy atom. The van der Waals surface area contributed by atoms with Gasteiger partial charge in [0.1, 0.15) is 5.75 Å². The van der Waals surface area contributed by atoms with Crippen molar-refractivity contribution < 1.29 is 4.74 Å². The molecule has 0 amide bonds. The lowest BCUT2D eigenvalue weighted by Gasteiger charge is -2.17. The van der Waals surface area contributed by atoms with E-state index < -0.39 is 0 Å². The predicted octanol–water partition coefficient (Wildman–Crippen LogP) is 4.51. The molecule has 1 atom stereocenters. The van der Waals surface area contributed by atoms with E-state index >= 15 is 0 Å². The molecule has 106 valence electrons. The zero-order valence-electron chi connectivity index (χ0n) is 11.3. The third-order valence-electron chi connectivity index (χ3n) is 3.33. The number of nitrogens with two attached hydrogens (primary N) is 1. The van der Waals surface area contributed by atoms with Crippen LogP contribution in [0.15, 0.2) is 51.4 Å². The van der Waals surface area contributed by atoms with Crippen LogP contribution in [0.2, 0.25) is 0 Å². The van der Waals surface area contributed by atoms with Gasteiger partial charge in [-0.25, -0.2) is 0 Å². The van der Waals surface area contributed by atoms with Crippen LogP contribution < -0.4 is 10.5 Å². The second kappa shape index (κ2) is 7.25. The minimum absolute atomic E-state index is 0.284. The van der Waals surface area contributed by atoms with Crippen LogP contribution >= 0.6 is 31.9 Å². The van der Waals surface area contributed by atoms with Crippen molar-refractivity contribution in [3.63, 3.8) is 0 Å². The molecule has 2 aromatic rings. The van der Waals surface area contributed by atoms with Crippen molar-refractivity contribution in [3.8, 4) is 5.75 Å². The Kier molecular flexibility index (Phi) is 5.64. The van der Waals surface area contributed by atoms with Crippen LogP contribution in [0.3, 0.4) is 0 Å². The van der Waals surface area contributed by atoms with Crippen molar-refractivity contribution >= 4 is 31.9 Å². The SMILES string of the molecule is COc1ccc(Br)cc1CC(CN)c1ccc(Br)cc1. The molecule has 0 fully saturated rings. The highest BCUT2D eigenvalue weighted by atomic mass is 79.9. The summed E-state index contributed by atoms with van der Waals surface area (Å²) in [6.45, 7) is 0.608. The van der Waals surface area contributed by atoms with E-state index in [-0.39, 0.29) is 5.92 Å². The van der Waals surface area contributed by atoms with Gasteiger partial charge in [-0.15, -0.1) is 0 Å². The Morgan fingerprint density at radius 2 is 1.70 bits per heavy atom. The van der Waals surface area contributed by atoms with Crippen LogP contribution in [0.5, 0.6) is 5.75 Å². The van der Waals surface area contributed by atoms with Crippen molar-refractivity contribution in [1.29, 1.82) is 0 Å². The molecule has 0 saturated heterocycles. The minimum Gasteiger partial charge on any atom is -0.496 e. The highest BCUT2D eigenvalue weighted by Gasteiger charge is 2.14. The first-order chi connectivity index (χ1) is 9.63. The Hall–Kier alpha value is -0.840. The van der Waals surface area contributed by atoms with E-state index in [9.17, 15) is 0 Å². The monoisotopic (exact) mass is 397 g/mol. The molecule has 0 heterocycles. The van der Waals surface area contributed by atoms with E-state index in [2.05, 4.69) is 62.2 Å². The lowest BCUT2D eigenvalue weighted by molar-refractivity contribution is 0.408. The molecule has 2 rings (SSSR count). The molecule has 0 aromatic heterocycles. The van der Waals surface area contributed by atoms with Gasteiger partial charge < -0.3 is 10.5 Å². The number of hydrogen-bond donors (Lipinski definition) is 1. The molecule has 0 aliphatic rings. The van der Waals surface area contributed by atoms with E-state index in [1.807, 2.05) is 12.1 Å². The maximum atomic E-state index is 5.96. The predicted molar refractivity (Wildman–Crippen MR) is 90.3 cm³/mol. The van der Waals surface area contributed by atoms with Crippen molar-refractivity contribution in [1.82, 2.24) is 0 Å². The zero-order valence-corrected chi connectivity index (χ0v) is 14.4. The standard InChI is InChI=1S/C16H17Br2NO/c1-20-16-7-6-15(18)9-12(16)8-13(10-19)11-2-4-14(17)5-3-11/h2-7,9,13H,8,10,19H2,1H3. The molecule has 0 radical (unpaired) electrons. The topological polar surface area (TPSA) is 35.2 Å². The Morgan fingerprint density at radius 3 is 2.30 bits per heavy atom. The number of methoxy groups -OCH3 is 1. The van der Waals surface area contributed by atoms with Gasteiger partial charge in [-0.1, -0.05) is 44.0 Å². The van der Waals surface area contributed by atoms with E-state index in [1.54, 1.807) is 7.11 Å². The summed E-state index contributed by atoms with van der Waals surface area (Å²) in [5.41, 5.74) is 8.37. The first-order valence-corrected chi connectivity index (χ1v) is 8.00. The molecular weight excluding hydrogens is 382 g/mol. The van der Waals surface area contributed by atoms with Crippen molar-refractivity contribution in [2.45, 2.75) is 12.3 Å². The van der Waals surface area contributed by atoms with Gasteiger partial charge in [0.15, 0.2) is 0 Å². The number of benzene rings is 2. The van der Waals surface area contributed by atoms with E-state index in [4.69, 9.17) is 10.5 Å². The Bertz CT molecular complexity index is 569. The molecule has 0 spiro atoms. The molecule has 0 aliphatic carbocycles. The highest BCUT2D eigenvalue weighted by Crippen LogP contribution is 2.29. The summed E-state index contributed by atoms with van der Waals surface area (Å²) in [6, 6.07) is 14.4. The summed E-state index contributed by atoms with van der Waals surface area (Å²) < 4.78 is 7.57. The molecule has 2 aromatic carbocycles. The fourth-order valence-electron chi connectivity index (χ4n) is 2.24. The molecule has 0 bridgehead atoms. The Labute approximate surface area is 136 Å². The first kappa shape index (κ1) is 15.5. The average molecular weight is 399 g/mol. The van der Waals surface area contributed by atoms with Crippen molar-refractivity contribution in [2.24, 2.45) is 5.73 Å². The molecular formula is C16H17Br2NO. The molecule has 2 nitrogen and oxygen atoms in total. The summed E-state index contributed by atoms with van der Waals surface area (Å²) in [5.74, 6) is 1.19. The second-order valence-electron chi connectivity index (χ2n) is 4.64. The second-order valence-corrected chi connectivity index (χ2v) is 6.48. The average Bonchev–Trinajstić information content (AvgIpc) is 2.46. The maximum absolute atomic E-state index is 5.96. The zero-order chi connectivity index (χ0) is 14.5. The molecule has 2 N–H and O–H groups in total. The van der Waals surface area contributed by atoms with Gasteiger partial charge in [0.25, 0.3) is 0 Å². The lowest BCUT2D eigenvalue weighted by atomic mass is 9.92. The summed E-state index contributed by atoms with van der Waals surface area (Å²) in [5, 5.41) is 0. The van der Waals surface area contributed by atoms with E-state index in [1.165, 1.54) is 11.1 Å². The van der Waals surface area contributed by atoms with Gasteiger partial charge >= 0.3 is 0 Å². The maximum Gasteiger partial charge on any atom is 0.122 e. The van der Waals surface area contributed by atoms with Gasteiger partial charge in [0.05, 0.1) is 7.11 Å². The smallest absolute Gasteiger partial charge is 0.122 e. The summed E-state index contributed by atoms with van der Waals surface area (Å²) >= 11 is 6.97. The summed E-state index contributed by atoms with van der Waals surface area (Å²) in [4.78, 5) is 0. The lowest BCUT2D eigenvalue weighted by Crippen LogP contribution is -2.15. The van der Waals surface area contributed by atoms with Crippen LogP contribution in [0, 0.1) is 0 Å². The fraction of sp³-hybridized carbons (Fsp3) is 0.250. The van der Waals surface area contributed by atoms with Gasteiger partial charge in [0, 0.05) is 14.9 Å². The van der Waals surface area contributed by atoms with Crippen LogP contribution in [0.4, 0.5) is 0 Å². The van der Waals surface area contributed by atoms with Crippen molar-refractivity contribution in [2.75, 3.05) is 13.7 Å². The highest BCUT2D eigenvalue weighted by molar-refractivity contribution is 9.10. The third-order valence-corrected chi connectivity index (χ3v) is 4.36. The summed E-state index contributed by atoms with van der Waals surface area (Å²) in [6.07, 6.45) is 0.862. The van der Waals surface area contributed by atoms with Crippen LogP contribution in [0.25, 0.3) is 0 Å². The Balaban J connectivity index is 2.26. The minimum atomic E-state index is 0.284. The van der Waals surface area contributed by atoms with Gasteiger partial charge in [-0.3, -0.25) is 0 Å². The van der Waals surface area contributed by atoms with Crippen LogP contribution in [0.1, 0.15) is 17.0 Å². The number of halogens is 2. The van der Waals surface area contributed by atoms with Gasteiger partial charge in [-0.2, -0.15) is 0 Å². The van der Waals surface area contributed by atoms with Gasteiger partial charge in [0.2, 0.25) is 0 Å².